The highest BCUT2D eigenvalue weighted by Gasteiger charge is 2.93. The van der Waals surface area contributed by atoms with Gasteiger partial charge in [0.05, 0.1) is 12.2 Å². The lowest BCUT2D eigenvalue weighted by molar-refractivity contribution is -0.252. The van der Waals surface area contributed by atoms with Gasteiger partial charge < -0.3 is 19.7 Å². The number of Topliss-reactive ketones (excluding diaryl/α,β-unsaturated/α-hetero) is 1. The Morgan fingerprint density at radius 2 is 1.91 bits per heavy atom. The van der Waals surface area contributed by atoms with Crippen LogP contribution in [0.15, 0.2) is 12.2 Å². The first-order valence-electron chi connectivity index (χ1n) is 11.5. The molecule has 2 N–H and O–H groups in total. The average Bonchev–Trinajstić information content (AvgIpc) is 2.90. The molecule has 0 amide bonds. The zero-order valence-corrected chi connectivity index (χ0v) is 18.7. The summed E-state index contributed by atoms with van der Waals surface area (Å²) in [4.78, 5) is 25.7. The number of aliphatic hydroxyl groups excluding tert-OH is 2. The fourth-order valence-electron chi connectivity index (χ4n) is 9.47. The number of alkyl halides is 2. The number of hydrogen-bond acceptors (Lipinski definition) is 6. The number of hydrogen-bond donors (Lipinski definition) is 2. The van der Waals surface area contributed by atoms with Crippen molar-refractivity contribution in [2.75, 3.05) is 6.61 Å². The lowest BCUT2D eigenvalue weighted by atomic mass is 9.47. The van der Waals surface area contributed by atoms with E-state index in [0.717, 1.165) is 0 Å². The maximum Gasteiger partial charge on any atom is 0.193 e. The van der Waals surface area contributed by atoms with Gasteiger partial charge in [-0.2, -0.15) is 0 Å². The number of ketones is 2. The predicted octanol–water partition coefficient (Wildman–Crippen LogP) is 2.06. The van der Waals surface area contributed by atoms with Crippen LogP contribution < -0.4 is 0 Å². The number of aliphatic hydroxyl groups is 2. The van der Waals surface area contributed by atoms with Crippen LogP contribution in [0.1, 0.15) is 47.0 Å². The molecular formula is C24H30F2O6. The Hall–Kier alpha value is -1.22. The molecule has 0 radical (unpaired) electrons. The number of carbonyl (C=O) groups is 2. The van der Waals surface area contributed by atoms with E-state index in [1.807, 2.05) is 0 Å². The minimum atomic E-state index is -2.18. The molecule has 1 saturated heterocycles. The summed E-state index contributed by atoms with van der Waals surface area (Å²) in [6.07, 6.45) is -0.770. The number of halogens is 2. The van der Waals surface area contributed by atoms with Crippen LogP contribution in [0.4, 0.5) is 8.78 Å². The zero-order valence-electron chi connectivity index (χ0n) is 18.7. The topological polar surface area (TPSA) is 93.1 Å². The molecule has 0 aromatic rings. The summed E-state index contributed by atoms with van der Waals surface area (Å²) in [5.41, 5.74) is -7.32. The van der Waals surface area contributed by atoms with Crippen LogP contribution in [-0.2, 0) is 19.1 Å². The monoisotopic (exact) mass is 452 g/mol. The Morgan fingerprint density at radius 1 is 1.22 bits per heavy atom. The number of ether oxygens (including phenoxy) is 2. The van der Waals surface area contributed by atoms with E-state index in [4.69, 9.17) is 9.47 Å². The molecule has 32 heavy (non-hydrogen) atoms. The molecule has 1 heterocycles. The van der Waals surface area contributed by atoms with Gasteiger partial charge in [0.15, 0.2) is 23.0 Å². The molecule has 6 aliphatic rings. The van der Waals surface area contributed by atoms with Gasteiger partial charge in [-0.15, -0.1) is 0 Å². The molecule has 2 unspecified atom stereocenters. The summed E-state index contributed by atoms with van der Waals surface area (Å²) in [5.74, 6) is -4.16. The van der Waals surface area contributed by atoms with Crippen LogP contribution in [0, 0.1) is 34.0 Å². The molecule has 6 nitrogen and oxygen atoms in total. The van der Waals surface area contributed by atoms with Gasteiger partial charge in [0.25, 0.3) is 0 Å². The Bertz CT molecular complexity index is 982. The van der Waals surface area contributed by atoms with Crippen LogP contribution >= 0.6 is 0 Å². The standard InChI is InChI=1S/C24H30F2O6/c1-19(2)31-17-8-11-12-7-14(25)22-6-5-13(28)18(22)21(22,4)23(12,26)15(29)9-20(11,3)24(17,32-19)16(30)10-27/h5-6,11-12,14-15,17-18,27,29H,7-10H2,1-4H3/t11-,12-,14-,15-,17+,18?,20-,21+,22?,23-,24+/m0/s1. The van der Waals surface area contributed by atoms with Gasteiger partial charge in [-0.1, -0.05) is 19.9 Å². The van der Waals surface area contributed by atoms with E-state index in [1.165, 1.54) is 12.2 Å². The molecule has 8 heteroatoms. The van der Waals surface area contributed by atoms with Gasteiger partial charge in [0, 0.05) is 28.1 Å². The Balaban J connectivity index is 1.49. The van der Waals surface area contributed by atoms with Crippen molar-refractivity contribution in [1.29, 1.82) is 0 Å². The van der Waals surface area contributed by atoms with Crippen LogP contribution in [0.25, 0.3) is 0 Å². The van der Waals surface area contributed by atoms with Gasteiger partial charge in [0.2, 0.25) is 0 Å². The summed E-state index contributed by atoms with van der Waals surface area (Å²) >= 11 is 0. The molecule has 0 bridgehead atoms. The van der Waals surface area contributed by atoms with Gasteiger partial charge in [-0.25, -0.2) is 8.78 Å². The molecule has 11 atom stereocenters. The first-order chi connectivity index (χ1) is 14.8. The molecule has 5 aliphatic carbocycles. The first-order valence-corrected chi connectivity index (χ1v) is 11.5. The summed E-state index contributed by atoms with van der Waals surface area (Å²) < 4.78 is 45.2. The highest BCUT2D eigenvalue weighted by molar-refractivity contribution is 6.01. The molecule has 5 fully saturated rings. The van der Waals surface area contributed by atoms with Crippen molar-refractivity contribution < 1.29 is 38.1 Å². The van der Waals surface area contributed by atoms with Gasteiger partial charge >= 0.3 is 0 Å². The van der Waals surface area contributed by atoms with Crippen molar-refractivity contribution in [1.82, 2.24) is 0 Å². The number of carbonyl (C=O) groups excluding carboxylic acids is 2. The molecule has 1 spiro atoms. The van der Waals surface area contributed by atoms with Crippen LogP contribution in [0.3, 0.4) is 0 Å². The normalized spacial score (nSPS) is 60.9. The van der Waals surface area contributed by atoms with E-state index in [9.17, 15) is 19.8 Å². The third kappa shape index (κ3) is 1.78. The van der Waals surface area contributed by atoms with Crippen LogP contribution in [0.2, 0.25) is 0 Å². The highest BCUT2D eigenvalue weighted by atomic mass is 19.1. The van der Waals surface area contributed by atoms with E-state index < -0.39 is 81.8 Å². The number of allylic oxidation sites excluding steroid dienone is 2. The lowest BCUT2D eigenvalue weighted by Gasteiger charge is -2.60. The minimum Gasteiger partial charge on any atom is -0.390 e. The number of rotatable bonds is 2. The summed E-state index contributed by atoms with van der Waals surface area (Å²) in [6.45, 7) is 5.97. The van der Waals surface area contributed by atoms with Crippen LogP contribution in [0.5, 0.6) is 0 Å². The quantitative estimate of drug-likeness (QED) is 0.666. The molecule has 176 valence electrons. The zero-order chi connectivity index (χ0) is 23.3. The maximum atomic E-state index is 17.2. The van der Waals surface area contributed by atoms with Gasteiger partial charge in [-0.3, -0.25) is 9.59 Å². The second-order valence-electron chi connectivity index (χ2n) is 11.8. The lowest BCUT2D eigenvalue weighted by Crippen LogP contribution is -2.69. The molecule has 0 aromatic heterocycles. The molecular weight excluding hydrogens is 422 g/mol. The molecule has 6 rings (SSSR count). The highest BCUT2D eigenvalue weighted by Crippen LogP contribution is 2.86. The van der Waals surface area contributed by atoms with Crippen LogP contribution in [-0.4, -0.2) is 63.8 Å². The third-order valence-corrected chi connectivity index (χ3v) is 10.6. The van der Waals surface area contributed by atoms with Crippen molar-refractivity contribution >= 4 is 11.6 Å². The molecule has 4 saturated carbocycles. The Labute approximate surface area is 185 Å². The third-order valence-electron chi connectivity index (χ3n) is 10.6. The van der Waals surface area contributed by atoms with E-state index in [1.54, 1.807) is 27.7 Å². The van der Waals surface area contributed by atoms with Crippen molar-refractivity contribution in [3.8, 4) is 0 Å². The van der Waals surface area contributed by atoms with Crippen molar-refractivity contribution in [3.05, 3.63) is 12.2 Å². The van der Waals surface area contributed by atoms with E-state index in [0.29, 0.717) is 0 Å². The average molecular weight is 452 g/mol. The second kappa shape index (κ2) is 5.53. The maximum absolute atomic E-state index is 17.2. The first kappa shape index (κ1) is 21.3. The fraction of sp³-hybridized carbons (Fsp3) is 0.833. The van der Waals surface area contributed by atoms with Gasteiger partial charge in [0.1, 0.15) is 18.4 Å². The van der Waals surface area contributed by atoms with E-state index >= 15 is 8.78 Å². The van der Waals surface area contributed by atoms with Crippen molar-refractivity contribution in [2.24, 2.45) is 34.0 Å². The van der Waals surface area contributed by atoms with Gasteiger partial charge in [-0.05, 0) is 45.1 Å². The smallest absolute Gasteiger partial charge is 0.193 e. The number of fused-ring (bicyclic) bond motifs is 7. The minimum absolute atomic E-state index is 0.0976. The Morgan fingerprint density at radius 3 is 2.56 bits per heavy atom. The molecule has 1 aliphatic heterocycles. The van der Waals surface area contributed by atoms with E-state index in [2.05, 4.69) is 0 Å². The van der Waals surface area contributed by atoms with E-state index in [-0.39, 0.29) is 25.0 Å². The second-order valence-corrected chi connectivity index (χ2v) is 11.8. The molecule has 0 aromatic carbocycles. The predicted molar refractivity (Wildman–Crippen MR) is 107 cm³/mol. The summed E-state index contributed by atoms with van der Waals surface area (Å²) in [6, 6.07) is 0. The summed E-state index contributed by atoms with van der Waals surface area (Å²) in [7, 11) is 0. The largest absolute Gasteiger partial charge is 0.390 e. The summed E-state index contributed by atoms with van der Waals surface area (Å²) in [5, 5.41) is 21.2. The van der Waals surface area contributed by atoms with Crippen molar-refractivity contribution in [2.45, 2.75) is 82.4 Å². The fourth-order valence-corrected chi connectivity index (χ4v) is 9.47. The van der Waals surface area contributed by atoms with Crippen molar-refractivity contribution in [3.63, 3.8) is 0 Å². The Kier molecular flexibility index (Phi) is 3.69. The SMILES string of the molecule is CC1(C)O[C@@H]2C[C@H]3[C@@H]4C[C@H](F)C56C=CC(=O)C5[C@@]6(C)[C@@]4(F)[C@@H](O)C[C@]3(C)[C@]2(C(=O)CO)O1.